The standard InChI is InChI=1S/C11H18N4O/c1-4-7-9(12)10(15(3)14-7)11(16)13-8-5-6(8)2/h6,8H,4-5,12H2,1-3H3,(H,13,16). The van der Waals surface area contributed by atoms with Crippen LogP contribution in [0.1, 0.15) is 36.5 Å². The lowest BCUT2D eigenvalue weighted by molar-refractivity contribution is 0.0941. The monoisotopic (exact) mass is 222 g/mol. The van der Waals surface area contributed by atoms with E-state index in [1.54, 1.807) is 11.7 Å². The smallest absolute Gasteiger partial charge is 0.271 e. The van der Waals surface area contributed by atoms with E-state index < -0.39 is 0 Å². The molecule has 0 radical (unpaired) electrons. The van der Waals surface area contributed by atoms with Crippen LogP contribution in [0.5, 0.6) is 0 Å². The molecule has 3 N–H and O–H groups in total. The number of rotatable bonds is 3. The van der Waals surface area contributed by atoms with Crippen molar-refractivity contribution in [1.82, 2.24) is 15.1 Å². The number of anilines is 1. The molecule has 0 spiro atoms. The number of carbonyl (C=O) groups is 1. The lowest BCUT2D eigenvalue weighted by atomic mass is 10.2. The number of hydrogen-bond donors (Lipinski definition) is 2. The fourth-order valence-electron chi connectivity index (χ4n) is 1.89. The van der Waals surface area contributed by atoms with E-state index >= 15 is 0 Å². The summed E-state index contributed by atoms with van der Waals surface area (Å²) in [5.74, 6) is 0.477. The van der Waals surface area contributed by atoms with Crippen LogP contribution < -0.4 is 11.1 Å². The summed E-state index contributed by atoms with van der Waals surface area (Å²) in [6.45, 7) is 4.10. The zero-order valence-electron chi connectivity index (χ0n) is 9.95. The molecular weight excluding hydrogens is 204 g/mol. The first kappa shape index (κ1) is 11.0. The molecular formula is C11H18N4O. The topological polar surface area (TPSA) is 72.9 Å². The van der Waals surface area contributed by atoms with E-state index in [0.717, 1.165) is 18.5 Å². The summed E-state index contributed by atoms with van der Waals surface area (Å²) in [4.78, 5) is 12.0. The molecule has 5 heteroatoms. The molecule has 1 saturated carbocycles. The molecule has 1 aromatic rings. The van der Waals surface area contributed by atoms with E-state index in [2.05, 4.69) is 17.3 Å². The van der Waals surface area contributed by atoms with Gasteiger partial charge in [-0.25, -0.2) is 0 Å². The van der Waals surface area contributed by atoms with Crippen molar-refractivity contribution >= 4 is 11.6 Å². The zero-order valence-corrected chi connectivity index (χ0v) is 9.95. The summed E-state index contributed by atoms with van der Waals surface area (Å²) in [5.41, 5.74) is 7.68. The van der Waals surface area contributed by atoms with Crippen molar-refractivity contribution < 1.29 is 4.79 Å². The van der Waals surface area contributed by atoms with Crippen LogP contribution in [0.25, 0.3) is 0 Å². The summed E-state index contributed by atoms with van der Waals surface area (Å²) < 4.78 is 1.57. The van der Waals surface area contributed by atoms with Crippen LogP contribution in [0.4, 0.5) is 5.69 Å². The first-order chi connectivity index (χ1) is 7.54. The minimum absolute atomic E-state index is 0.110. The van der Waals surface area contributed by atoms with Gasteiger partial charge in [0, 0.05) is 13.1 Å². The van der Waals surface area contributed by atoms with Crippen LogP contribution in [0.15, 0.2) is 0 Å². The Morgan fingerprint density at radius 1 is 1.69 bits per heavy atom. The Hall–Kier alpha value is -1.52. The fourth-order valence-corrected chi connectivity index (χ4v) is 1.89. The second-order valence-electron chi connectivity index (χ2n) is 4.48. The predicted molar refractivity (Wildman–Crippen MR) is 62.0 cm³/mol. The van der Waals surface area contributed by atoms with Gasteiger partial charge in [-0.15, -0.1) is 0 Å². The molecule has 1 amide bonds. The molecule has 0 bridgehead atoms. The van der Waals surface area contributed by atoms with Crippen LogP contribution in [-0.4, -0.2) is 21.7 Å². The molecule has 88 valence electrons. The highest BCUT2D eigenvalue weighted by Crippen LogP contribution is 2.29. The summed E-state index contributed by atoms with van der Waals surface area (Å²) in [6.07, 6.45) is 1.80. The number of aryl methyl sites for hydroxylation is 2. The van der Waals surface area contributed by atoms with E-state index in [-0.39, 0.29) is 5.91 Å². The average molecular weight is 222 g/mol. The van der Waals surface area contributed by atoms with Crippen LogP contribution in [0, 0.1) is 5.92 Å². The van der Waals surface area contributed by atoms with Gasteiger partial charge in [0.15, 0.2) is 0 Å². The summed E-state index contributed by atoms with van der Waals surface area (Å²) in [6, 6.07) is 0.312. The fraction of sp³-hybridized carbons (Fsp3) is 0.636. The maximum absolute atomic E-state index is 12.0. The lowest BCUT2D eigenvalue weighted by Crippen LogP contribution is -2.29. The van der Waals surface area contributed by atoms with Crippen LogP contribution in [0.2, 0.25) is 0 Å². The second-order valence-corrected chi connectivity index (χ2v) is 4.48. The Morgan fingerprint density at radius 3 is 2.75 bits per heavy atom. The molecule has 1 fully saturated rings. The Morgan fingerprint density at radius 2 is 2.31 bits per heavy atom. The van der Waals surface area contributed by atoms with Crippen molar-refractivity contribution in [1.29, 1.82) is 0 Å². The quantitative estimate of drug-likeness (QED) is 0.790. The lowest BCUT2D eigenvalue weighted by Gasteiger charge is -2.04. The minimum Gasteiger partial charge on any atom is -0.395 e. The molecule has 16 heavy (non-hydrogen) atoms. The van der Waals surface area contributed by atoms with Gasteiger partial charge in [0.1, 0.15) is 5.69 Å². The minimum atomic E-state index is -0.110. The van der Waals surface area contributed by atoms with E-state index in [0.29, 0.717) is 23.3 Å². The molecule has 0 aromatic carbocycles. The molecule has 1 aliphatic rings. The first-order valence-electron chi connectivity index (χ1n) is 5.66. The number of nitrogen functional groups attached to an aromatic ring is 1. The maximum atomic E-state index is 12.0. The highest BCUT2D eigenvalue weighted by atomic mass is 16.2. The maximum Gasteiger partial charge on any atom is 0.271 e. The number of nitrogens with two attached hydrogens (primary N) is 1. The molecule has 2 rings (SSSR count). The first-order valence-corrected chi connectivity index (χ1v) is 5.66. The third-order valence-electron chi connectivity index (χ3n) is 3.14. The molecule has 0 saturated heterocycles. The number of hydrogen-bond acceptors (Lipinski definition) is 3. The molecule has 1 aliphatic carbocycles. The summed E-state index contributed by atoms with van der Waals surface area (Å²) in [5, 5.41) is 7.19. The highest BCUT2D eigenvalue weighted by molar-refractivity contribution is 5.98. The van der Waals surface area contributed by atoms with E-state index in [1.165, 1.54) is 0 Å². The number of aromatic nitrogens is 2. The zero-order chi connectivity index (χ0) is 11.9. The number of carbonyl (C=O) groups excluding carboxylic acids is 1. The van der Waals surface area contributed by atoms with E-state index in [1.807, 2.05) is 6.92 Å². The van der Waals surface area contributed by atoms with Crippen molar-refractivity contribution in [2.45, 2.75) is 32.7 Å². The van der Waals surface area contributed by atoms with Gasteiger partial charge in [0.2, 0.25) is 0 Å². The molecule has 5 nitrogen and oxygen atoms in total. The van der Waals surface area contributed by atoms with Crippen molar-refractivity contribution in [2.24, 2.45) is 13.0 Å². The molecule has 2 unspecified atom stereocenters. The van der Waals surface area contributed by atoms with Gasteiger partial charge in [-0.05, 0) is 18.8 Å². The van der Waals surface area contributed by atoms with E-state index in [4.69, 9.17) is 5.73 Å². The third-order valence-corrected chi connectivity index (χ3v) is 3.14. The Labute approximate surface area is 95.0 Å². The van der Waals surface area contributed by atoms with Crippen molar-refractivity contribution in [3.8, 4) is 0 Å². The predicted octanol–water partition coefficient (Wildman–Crippen LogP) is 0.703. The SMILES string of the molecule is CCc1nn(C)c(C(=O)NC2CC2C)c1N. The largest absolute Gasteiger partial charge is 0.395 e. The Bertz CT molecular complexity index is 424. The number of nitrogens with one attached hydrogen (secondary N) is 1. The van der Waals surface area contributed by atoms with Gasteiger partial charge in [-0.2, -0.15) is 5.10 Å². The molecule has 1 heterocycles. The van der Waals surface area contributed by atoms with Crippen molar-refractivity contribution in [3.63, 3.8) is 0 Å². The highest BCUT2D eigenvalue weighted by Gasteiger charge is 2.35. The van der Waals surface area contributed by atoms with Gasteiger partial charge in [0.25, 0.3) is 5.91 Å². The van der Waals surface area contributed by atoms with Gasteiger partial charge in [-0.3, -0.25) is 9.48 Å². The summed E-state index contributed by atoms with van der Waals surface area (Å²) in [7, 11) is 1.75. The van der Waals surface area contributed by atoms with Crippen LogP contribution in [-0.2, 0) is 13.5 Å². The molecule has 1 aromatic heterocycles. The van der Waals surface area contributed by atoms with Gasteiger partial charge in [0.05, 0.1) is 11.4 Å². The number of nitrogens with zero attached hydrogens (tertiary/aromatic N) is 2. The van der Waals surface area contributed by atoms with E-state index in [9.17, 15) is 4.79 Å². The third kappa shape index (κ3) is 1.77. The Kier molecular flexibility index (Phi) is 2.61. The van der Waals surface area contributed by atoms with Crippen molar-refractivity contribution in [3.05, 3.63) is 11.4 Å². The van der Waals surface area contributed by atoms with Gasteiger partial charge >= 0.3 is 0 Å². The molecule has 0 aliphatic heterocycles. The normalized spacial score (nSPS) is 23.2. The number of amides is 1. The van der Waals surface area contributed by atoms with Gasteiger partial charge in [-0.1, -0.05) is 13.8 Å². The van der Waals surface area contributed by atoms with Gasteiger partial charge < -0.3 is 11.1 Å². The molecule has 2 atom stereocenters. The average Bonchev–Trinajstić information content (AvgIpc) is 2.81. The van der Waals surface area contributed by atoms with Crippen molar-refractivity contribution in [2.75, 3.05) is 5.73 Å². The van der Waals surface area contributed by atoms with Crippen LogP contribution in [0.3, 0.4) is 0 Å². The second kappa shape index (κ2) is 3.81. The Balaban J connectivity index is 2.19. The van der Waals surface area contributed by atoms with Crippen LogP contribution >= 0.6 is 0 Å². The summed E-state index contributed by atoms with van der Waals surface area (Å²) >= 11 is 0.